The first-order valence-corrected chi connectivity index (χ1v) is 6.15. The van der Waals surface area contributed by atoms with Gasteiger partial charge in [0.15, 0.2) is 5.76 Å². The lowest BCUT2D eigenvalue weighted by molar-refractivity contribution is 0.419. The van der Waals surface area contributed by atoms with Crippen molar-refractivity contribution < 1.29 is 4.52 Å². The van der Waals surface area contributed by atoms with Gasteiger partial charge in [-0.3, -0.25) is 0 Å². The van der Waals surface area contributed by atoms with Crippen molar-refractivity contribution in [2.24, 2.45) is 0 Å². The summed E-state index contributed by atoms with van der Waals surface area (Å²) in [5.41, 5.74) is 3.47. The molecule has 0 fully saturated rings. The molecule has 0 aliphatic rings. The van der Waals surface area contributed by atoms with Gasteiger partial charge in [0.2, 0.25) is 0 Å². The third-order valence-electron chi connectivity index (χ3n) is 2.97. The number of benzene rings is 1. The average molecular weight is 229 g/mol. The Kier molecular flexibility index (Phi) is 3.32. The fourth-order valence-electron chi connectivity index (χ4n) is 1.91. The molecule has 1 heterocycles. The summed E-state index contributed by atoms with van der Waals surface area (Å²) in [6.07, 6.45) is 0. The topological polar surface area (TPSA) is 26.0 Å². The molecule has 0 radical (unpaired) electrons. The lowest BCUT2D eigenvalue weighted by atomic mass is 9.95. The van der Waals surface area contributed by atoms with E-state index in [1.165, 1.54) is 5.56 Å². The zero-order valence-corrected chi connectivity index (χ0v) is 10.9. The maximum atomic E-state index is 5.45. The van der Waals surface area contributed by atoms with Gasteiger partial charge < -0.3 is 4.52 Å². The molecule has 2 rings (SSSR count). The summed E-state index contributed by atoms with van der Waals surface area (Å²) in [5.74, 6) is 1.76. The van der Waals surface area contributed by atoms with Crippen molar-refractivity contribution >= 4 is 0 Å². The van der Waals surface area contributed by atoms with Crippen LogP contribution < -0.4 is 0 Å². The summed E-state index contributed by atoms with van der Waals surface area (Å²) in [6.45, 7) is 8.63. The van der Waals surface area contributed by atoms with Crippen molar-refractivity contribution in [3.8, 4) is 11.3 Å². The highest BCUT2D eigenvalue weighted by molar-refractivity contribution is 5.63. The molecule has 0 spiro atoms. The van der Waals surface area contributed by atoms with E-state index in [1.54, 1.807) is 0 Å². The summed E-state index contributed by atoms with van der Waals surface area (Å²) in [4.78, 5) is 0. The van der Waals surface area contributed by atoms with Crippen molar-refractivity contribution in [1.82, 2.24) is 5.16 Å². The zero-order valence-electron chi connectivity index (χ0n) is 10.9. The SMILES string of the molecule is CC(C)c1cc(-c2ccccc2C(C)C)on1. The first kappa shape index (κ1) is 11.9. The van der Waals surface area contributed by atoms with Crippen LogP contribution in [-0.4, -0.2) is 5.16 Å². The van der Waals surface area contributed by atoms with E-state index in [-0.39, 0.29) is 0 Å². The van der Waals surface area contributed by atoms with Crippen LogP contribution in [0.5, 0.6) is 0 Å². The van der Waals surface area contributed by atoms with Gasteiger partial charge in [-0.15, -0.1) is 0 Å². The standard InChI is InChI=1S/C15H19NO/c1-10(2)12-7-5-6-8-13(12)15-9-14(11(3)4)16-17-15/h5-11H,1-4H3. The maximum absolute atomic E-state index is 5.45. The van der Waals surface area contributed by atoms with Gasteiger partial charge in [-0.2, -0.15) is 0 Å². The van der Waals surface area contributed by atoms with Crippen molar-refractivity contribution in [2.75, 3.05) is 0 Å². The molecular weight excluding hydrogens is 210 g/mol. The van der Waals surface area contributed by atoms with E-state index in [0.29, 0.717) is 11.8 Å². The van der Waals surface area contributed by atoms with E-state index in [2.05, 4.69) is 51.1 Å². The zero-order chi connectivity index (χ0) is 12.4. The molecule has 2 nitrogen and oxygen atoms in total. The molecule has 0 bridgehead atoms. The second-order valence-electron chi connectivity index (χ2n) is 5.01. The minimum absolute atomic E-state index is 0.402. The van der Waals surface area contributed by atoms with E-state index in [0.717, 1.165) is 17.0 Å². The van der Waals surface area contributed by atoms with Crippen LogP contribution in [0.2, 0.25) is 0 Å². The van der Waals surface area contributed by atoms with Crippen LogP contribution in [0.3, 0.4) is 0 Å². The fourth-order valence-corrected chi connectivity index (χ4v) is 1.91. The maximum Gasteiger partial charge on any atom is 0.167 e. The van der Waals surface area contributed by atoms with E-state index < -0.39 is 0 Å². The third kappa shape index (κ3) is 2.41. The molecule has 0 amide bonds. The molecule has 0 saturated heterocycles. The Morgan fingerprint density at radius 1 is 1.00 bits per heavy atom. The molecule has 1 aromatic heterocycles. The van der Waals surface area contributed by atoms with E-state index in [1.807, 2.05) is 12.1 Å². The van der Waals surface area contributed by atoms with Gasteiger partial charge in [0.05, 0.1) is 5.69 Å². The highest BCUT2D eigenvalue weighted by Crippen LogP contribution is 2.30. The van der Waals surface area contributed by atoms with Gasteiger partial charge >= 0.3 is 0 Å². The van der Waals surface area contributed by atoms with Gasteiger partial charge in [0, 0.05) is 11.6 Å². The molecule has 0 saturated carbocycles. The molecule has 0 aliphatic carbocycles. The summed E-state index contributed by atoms with van der Waals surface area (Å²) in [5, 5.41) is 4.12. The lowest BCUT2D eigenvalue weighted by Crippen LogP contribution is -1.90. The highest BCUT2D eigenvalue weighted by atomic mass is 16.5. The van der Waals surface area contributed by atoms with Crippen LogP contribution in [0.4, 0.5) is 0 Å². The van der Waals surface area contributed by atoms with E-state index >= 15 is 0 Å². The molecule has 0 aliphatic heterocycles. The summed E-state index contributed by atoms with van der Waals surface area (Å²) in [7, 11) is 0. The van der Waals surface area contributed by atoms with Gasteiger partial charge in [-0.05, 0) is 17.4 Å². The Bertz CT molecular complexity index is 497. The second kappa shape index (κ2) is 4.74. The summed E-state index contributed by atoms with van der Waals surface area (Å²) in [6, 6.07) is 10.4. The molecule has 2 aromatic rings. The van der Waals surface area contributed by atoms with Crippen molar-refractivity contribution in [3.63, 3.8) is 0 Å². The van der Waals surface area contributed by atoms with E-state index in [9.17, 15) is 0 Å². The Hall–Kier alpha value is -1.57. The largest absolute Gasteiger partial charge is 0.356 e. The first-order valence-electron chi connectivity index (χ1n) is 6.15. The Morgan fingerprint density at radius 2 is 1.71 bits per heavy atom. The fraction of sp³-hybridized carbons (Fsp3) is 0.400. The van der Waals surface area contributed by atoms with Gasteiger partial charge in [-0.25, -0.2) is 0 Å². The summed E-state index contributed by atoms with van der Waals surface area (Å²) < 4.78 is 5.45. The number of aromatic nitrogens is 1. The average Bonchev–Trinajstić information content (AvgIpc) is 2.78. The van der Waals surface area contributed by atoms with Crippen LogP contribution >= 0.6 is 0 Å². The molecule has 0 unspecified atom stereocenters. The molecule has 2 heteroatoms. The molecular formula is C15H19NO. The number of hydrogen-bond donors (Lipinski definition) is 0. The van der Waals surface area contributed by atoms with Crippen LogP contribution in [0.25, 0.3) is 11.3 Å². The number of rotatable bonds is 3. The quantitative estimate of drug-likeness (QED) is 0.769. The van der Waals surface area contributed by atoms with Crippen molar-refractivity contribution in [2.45, 2.75) is 39.5 Å². The smallest absolute Gasteiger partial charge is 0.167 e. The predicted molar refractivity (Wildman–Crippen MR) is 70.1 cm³/mol. The predicted octanol–water partition coefficient (Wildman–Crippen LogP) is 4.59. The van der Waals surface area contributed by atoms with Crippen LogP contribution in [0.15, 0.2) is 34.9 Å². The Balaban J connectivity index is 2.45. The van der Waals surface area contributed by atoms with Crippen molar-refractivity contribution in [1.29, 1.82) is 0 Å². The van der Waals surface area contributed by atoms with Crippen LogP contribution in [-0.2, 0) is 0 Å². The van der Waals surface area contributed by atoms with Crippen LogP contribution in [0.1, 0.15) is 50.8 Å². The van der Waals surface area contributed by atoms with Crippen molar-refractivity contribution in [3.05, 3.63) is 41.6 Å². The lowest BCUT2D eigenvalue weighted by Gasteiger charge is -2.09. The van der Waals surface area contributed by atoms with Gasteiger partial charge in [-0.1, -0.05) is 57.1 Å². The molecule has 90 valence electrons. The molecule has 17 heavy (non-hydrogen) atoms. The monoisotopic (exact) mass is 229 g/mol. The molecule has 1 aromatic carbocycles. The van der Waals surface area contributed by atoms with Gasteiger partial charge in [0.1, 0.15) is 0 Å². The molecule has 0 atom stereocenters. The minimum atomic E-state index is 0.402. The van der Waals surface area contributed by atoms with Crippen LogP contribution in [0, 0.1) is 0 Å². The number of hydrogen-bond acceptors (Lipinski definition) is 2. The second-order valence-corrected chi connectivity index (χ2v) is 5.01. The molecule has 0 N–H and O–H groups in total. The van der Waals surface area contributed by atoms with E-state index in [4.69, 9.17) is 4.52 Å². The number of nitrogens with zero attached hydrogens (tertiary/aromatic N) is 1. The summed E-state index contributed by atoms with van der Waals surface area (Å²) >= 11 is 0. The highest BCUT2D eigenvalue weighted by Gasteiger charge is 2.13. The first-order chi connectivity index (χ1) is 8.09. The third-order valence-corrected chi connectivity index (χ3v) is 2.97. The van der Waals surface area contributed by atoms with Gasteiger partial charge in [0.25, 0.3) is 0 Å². The Labute approximate surface area is 103 Å². The normalized spacial score (nSPS) is 11.4. The Morgan fingerprint density at radius 3 is 2.29 bits per heavy atom. The minimum Gasteiger partial charge on any atom is -0.356 e.